The molecule has 1 aliphatic heterocycles. The van der Waals surface area contributed by atoms with Crippen LogP contribution in [0.25, 0.3) is 10.9 Å². The lowest BCUT2D eigenvalue weighted by Crippen LogP contribution is -2.37. The summed E-state index contributed by atoms with van der Waals surface area (Å²) in [6.45, 7) is 1.62. The number of benzene rings is 3. The van der Waals surface area contributed by atoms with Crippen LogP contribution in [0.4, 0.5) is 14.5 Å². The molecule has 0 unspecified atom stereocenters. The van der Waals surface area contributed by atoms with Gasteiger partial charge in [-0.15, -0.1) is 0 Å². The Balaban J connectivity index is 1.19. The fourth-order valence-corrected chi connectivity index (χ4v) is 5.05. The van der Waals surface area contributed by atoms with E-state index in [1.165, 1.54) is 18.0 Å². The summed E-state index contributed by atoms with van der Waals surface area (Å²) in [5.74, 6) is -2.53. The number of nitrogens with zero attached hydrogens (tertiary/aromatic N) is 3. The highest BCUT2D eigenvalue weighted by molar-refractivity contribution is 8.00. The number of rotatable bonds is 5. The number of carbonyl (C=O) groups is 2. The molecule has 0 bridgehead atoms. The number of halogens is 2. The molecule has 0 atom stereocenters. The fourth-order valence-electron chi connectivity index (χ4n) is 4.27. The molecular weight excluding hydrogens is 494 g/mol. The number of pyridine rings is 1. The highest BCUT2D eigenvalue weighted by Gasteiger charge is 2.24. The van der Waals surface area contributed by atoms with Crippen molar-refractivity contribution >= 4 is 40.4 Å². The summed E-state index contributed by atoms with van der Waals surface area (Å²) in [5.41, 5.74) is 2.43. The Bertz CT molecular complexity index is 1440. The molecule has 1 saturated heterocycles. The zero-order valence-electron chi connectivity index (χ0n) is 19.9. The molecule has 0 aliphatic carbocycles. The Morgan fingerprint density at radius 3 is 2.19 bits per heavy atom. The number of nitrogens with one attached hydrogen (secondary N) is 1. The fraction of sp³-hybridized carbons (Fsp3) is 0.179. The second kappa shape index (κ2) is 11.0. The van der Waals surface area contributed by atoms with Crippen LogP contribution in [0.1, 0.15) is 27.1 Å². The number of amides is 2. The third kappa shape index (κ3) is 5.56. The first kappa shape index (κ1) is 24.7. The quantitative estimate of drug-likeness (QED) is 0.348. The van der Waals surface area contributed by atoms with Crippen LogP contribution in [0.5, 0.6) is 0 Å². The maximum atomic E-state index is 13.6. The lowest BCUT2D eigenvalue weighted by molar-refractivity contribution is 0.0718. The summed E-state index contributed by atoms with van der Waals surface area (Å²) in [6.07, 6.45) is 2.36. The summed E-state index contributed by atoms with van der Waals surface area (Å²) < 4.78 is 30.1. The van der Waals surface area contributed by atoms with Crippen LogP contribution in [0.3, 0.4) is 0 Å². The van der Waals surface area contributed by atoms with Crippen molar-refractivity contribution in [3.63, 3.8) is 0 Å². The first-order valence-electron chi connectivity index (χ1n) is 11.9. The maximum absolute atomic E-state index is 13.6. The molecule has 0 saturated carbocycles. The molecule has 6 nitrogen and oxygen atoms in total. The molecule has 1 fully saturated rings. The van der Waals surface area contributed by atoms with Gasteiger partial charge in [0.05, 0.1) is 10.4 Å². The molecule has 3 aromatic carbocycles. The lowest BCUT2D eigenvalue weighted by Gasteiger charge is -2.22. The SMILES string of the molecule is O=C(c1ccc(NSc2cccc3cccnc23)cc1)N1CCCN(C(=O)c2ccc(F)c(F)c2)CC1. The zero-order chi connectivity index (χ0) is 25.8. The van der Waals surface area contributed by atoms with Crippen LogP contribution in [-0.4, -0.2) is 52.8 Å². The molecule has 0 spiro atoms. The Kier molecular flexibility index (Phi) is 7.32. The summed E-state index contributed by atoms with van der Waals surface area (Å²) >= 11 is 1.46. The first-order valence-corrected chi connectivity index (χ1v) is 12.7. The Morgan fingerprint density at radius 2 is 1.46 bits per heavy atom. The van der Waals surface area contributed by atoms with Gasteiger partial charge in [0.25, 0.3) is 11.8 Å². The van der Waals surface area contributed by atoms with Crippen LogP contribution in [0.15, 0.2) is 83.9 Å². The molecule has 1 aliphatic rings. The third-order valence-electron chi connectivity index (χ3n) is 6.24. The van der Waals surface area contributed by atoms with Gasteiger partial charge in [0.2, 0.25) is 0 Å². The topological polar surface area (TPSA) is 65.5 Å². The minimum absolute atomic E-state index is 0.0962. The number of para-hydroxylation sites is 1. The standard InChI is InChI=1S/C28H24F2N4O2S/c29-23-12-9-21(18-24(23)30)28(36)34-15-3-14-33(16-17-34)27(35)20-7-10-22(11-8-20)32-37-25-6-1-4-19-5-2-13-31-26(19)25/h1-2,4-13,18,32H,3,14-17H2. The average molecular weight is 519 g/mol. The van der Waals surface area contributed by atoms with Gasteiger partial charge in [0.15, 0.2) is 11.6 Å². The zero-order valence-corrected chi connectivity index (χ0v) is 20.7. The highest BCUT2D eigenvalue weighted by Crippen LogP contribution is 2.27. The highest BCUT2D eigenvalue weighted by atomic mass is 32.2. The smallest absolute Gasteiger partial charge is 0.254 e. The molecule has 9 heteroatoms. The molecule has 2 amide bonds. The third-order valence-corrected chi connectivity index (χ3v) is 7.13. The van der Waals surface area contributed by atoms with E-state index in [0.29, 0.717) is 38.2 Å². The minimum atomic E-state index is -1.05. The summed E-state index contributed by atoms with van der Waals surface area (Å²) in [4.78, 5) is 34.6. The molecule has 4 aromatic rings. The number of anilines is 1. The van der Waals surface area contributed by atoms with Crippen molar-refractivity contribution in [3.8, 4) is 0 Å². The van der Waals surface area contributed by atoms with E-state index in [9.17, 15) is 18.4 Å². The maximum Gasteiger partial charge on any atom is 0.254 e. The monoisotopic (exact) mass is 518 g/mol. The first-order chi connectivity index (χ1) is 18.0. The second-order valence-corrected chi connectivity index (χ2v) is 9.53. The minimum Gasteiger partial charge on any atom is -0.337 e. The molecule has 0 radical (unpaired) electrons. The van der Waals surface area contributed by atoms with Gasteiger partial charge in [0.1, 0.15) is 0 Å². The van der Waals surface area contributed by atoms with Crippen molar-refractivity contribution in [2.24, 2.45) is 0 Å². The van der Waals surface area contributed by atoms with Crippen molar-refractivity contribution in [1.82, 2.24) is 14.8 Å². The van der Waals surface area contributed by atoms with E-state index in [0.717, 1.165) is 33.6 Å². The van der Waals surface area contributed by atoms with E-state index < -0.39 is 11.6 Å². The molecular formula is C28H24F2N4O2S. The van der Waals surface area contributed by atoms with Crippen molar-refractivity contribution in [3.05, 3.63) is 102 Å². The summed E-state index contributed by atoms with van der Waals surface area (Å²) in [6, 6.07) is 20.4. The number of carbonyl (C=O) groups excluding carboxylic acids is 2. The van der Waals surface area contributed by atoms with E-state index in [1.54, 1.807) is 28.1 Å². The second-order valence-electron chi connectivity index (χ2n) is 8.68. The van der Waals surface area contributed by atoms with E-state index in [-0.39, 0.29) is 17.4 Å². The van der Waals surface area contributed by atoms with Crippen molar-refractivity contribution in [2.75, 3.05) is 30.9 Å². The molecule has 1 aromatic heterocycles. The Labute approximate surface area is 217 Å². The number of fused-ring (bicyclic) bond motifs is 1. The average Bonchev–Trinajstić information content (AvgIpc) is 3.19. The van der Waals surface area contributed by atoms with Gasteiger partial charge in [-0.05, 0) is 73.0 Å². The molecule has 1 N–H and O–H groups in total. The lowest BCUT2D eigenvalue weighted by atomic mass is 10.2. The van der Waals surface area contributed by atoms with Crippen LogP contribution >= 0.6 is 11.9 Å². The van der Waals surface area contributed by atoms with Gasteiger partial charge in [-0.1, -0.05) is 18.2 Å². The van der Waals surface area contributed by atoms with Crippen molar-refractivity contribution < 1.29 is 18.4 Å². The largest absolute Gasteiger partial charge is 0.337 e. The predicted molar refractivity (Wildman–Crippen MR) is 140 cm³/mol. The van der Waals surface area contributed by atoms with Gasteiger partial charge in [-0.25, -0.2) is 8.78 Å². The van der Waals surface area contributed by atoms with E-state index in [4.69, 9.17) is 0 Å². The molecule has 5 rings (SSSR count). The molecule has 188 valence electrons. The van der Waals surface area contributed by atoms with Gasteiger partial charge in [-0.2, -0.15) is 0 Å². The predicted octanol–water partition coefficient (Wildman–Crippen LogP) is 5.62. The van der Waals surface area contributed by atoms with Gasteiger partial charge in [0, 0.05) is 54.6 Å². The number of hydrogen-bond donors (Lipinski definition) is 1. The summed E-state index contributed by atoms with van der Waals surface area (Å²) in [7, 11) is 0. The number of hydrogen-bond acceptors (Lipinski definition) is 5. The van der Waals surface area contributed by atoms with Crippen molar-refractivity contribution in [2.45, 2.75) is 11.3 Å². The van der Waals surface area contributed by atoms with Gasteiger partial charge < -0.3 is 14.5 Å². The molecule has 37 heavy (non-hydrogen) atoms. The summed E-state index contributed by atoms with van der Waals surface area (Å²) in [5, 5.41) is 1.07. The van der Waals surface area contributed by atoms with E-state index in [1.807, 2.05) is 42.5 Å². The Morgan fingerprint density at radius 1 is 0.784 bits per heavy atom. The van der Waals surface area contributed by atoms with Crippen LogP contribution in [0, 0.1) is 11.6 Å². The normalized spacial score (nSPS) is 13.9. The molecule has 2 heterocycles. The van der Waals surface area contributed by atoms with Crippen molar-refractivity contribution in [1.29, 1.82) is 0 Å². The van der Waals surface area contributed by atoms with E-state index >= 15 is 0 Å². The van der Waals surface area contributed by atoms with Crippen LogP contribution in [0.2, 0.25) is 0 Å². The van der Waals surface area contributed by atoms with Crippen LogP contribution in [-0.2, 0) is 0 Å². The number of aromatic nitrogens is 1. The van der Waals surface area contributed by atoms with E-state index in [2.05, 4.69) is 9.71 Å². The van der Waals surface area contributed by atoms with Gasteiger partial charge in [-0.3, -0.25) is 14.6 Å². The Hall–Kier alpha value is -3.98. The van der Waals surface area contributed by atoms with Gasteiger partial charge >= 0.3 is 0 Å². The van der Waals surface area contributed by atoms with Crippen LogP contribution < -0.4 is 4.72 Å².